The van der Waals surface area contributed by atoms with Gasteiger partial charge in [-0.2, -0.15) is 0 Å². The van der Waals surface area contributed by atoms with Gasteiger partial charge in [-0.1, -0.05) is 6.07 Å². The van der Waals surface area contributed by atoms with E-state index >= 15 is 0 Å². The summed E-state index contributed by atoms with van der Waals surface area (Å²) in [5, 5.41) is 3.90. The largest absolute Gasteiger partial charge is 0.308 e. The van der Waals surface area contributed by atoms with Gasteiger partial charge in [0, 0.05) is 25.2 Å². The molecule has 2 bridgehead atoms. The Balaban J connectivity index is 1.72. The lowest BCUT2D eigenvalue weighted by Crippen LogP contribution is -2.49. The molecule has 1 aromatic heterocycles. The summed E-state index contributed by atoms with van der Waals surface area (Å²) in [6.45, 7) is 3.41. The molecule has 0 unspecified atom stereocenters. The Hall–Kier alpha value is -2.01. The van der Waals surface area contributed by atoms with E-state index in [1.54, 1.807) is 0 Å². The lowest BCUT2D eigenvalue weighted by molar-refractivity contribution is 0.0557. The number of rotatable bonds is 1. The molecule has 3 saturated heterocycles. The fraction of sp³-hybridized carbons (Fsp3) is 0.471. The lowest BCUT2D eigenvalue weighted by atomic mass is 9.83. The van der Waals surface area contributed by atoms with E-state index in [0.29, 0.717) is 12.0 Å². The van der Waals surface area contributed by atoms with Crippen molar-refractivity contribution in [2.24, 2.45) is 5.92 Å². The topological polar surface area (TPSA) is 40.5 Å². The van der Waals surface area contributed by atoms with E-state index in [1.165, 1.54) is 25.9 Å². The third-order valence-electron chi connectivity index (χ3n) is 5.67. The van der Waals surface area contributed by atoms with Crippen LogP contribution in [0.5, 0.6) is 0 Å². The normalized spacial score (nSPS) is 29.1. The minimum Gasteiger partial charge on any atom is -0.308 e. The first-order valence-corrected chi connectivity index (χ1v) is 8.13. The fourth-order valence-corrected chi connectivity index (χ4v) is 4.50. The van der Waals surface area contributed by atoms with Gasteiger partial charge in [0.05, 0.1) is 22.8 Å². The summed E-state index contributed by atoms with van der Waals surface area (Å²) in [6, 6.07) is 6.33. The Morgan fingerprint density at radius 2 is 2.05 bits per heavy atom. The van der Waals surface area contributed by atoms with Crippen molar-refractivity contribution >= 4 is 22.1 Å². The van der Waals surface area contributed by atoms with Crippen LogP contribution in [0.2, 0.25) is 0 Å². The third kappa shape index (κ3) is 1.54. The number of nitrogens with one attached hydrogen (secondary N) is 1. The minimum absolute atomic E-state index is 0.163. The van der Waals surface area contributed by atoms with E-state index in [1.807, 2.05) is 35.0 Å². The lowest BCUT2D eigenvalue weighted by Gasteiger charge is -2.45. The summed E-state index contributed by atoms with van der Waals surface area (Å²) in [5.41, 5.74) is 5.69. The van der Waals surface area contributed by atoms with Gasteiger partial charge in [0.2, 0.25) is 0 Å². The molecule has 5 heteroatoms. The molecule has 1 aromatic carbocycles. The molecule has 0 radical (unpaired) electrons. The first kappa shape index (κ1) is 12.5. The van der Waals surface area contributed by atoms with Gasteiger partial charge >= 0.3 is 0 Å². The van der Waals surface area contributed by atoms with Gasteiger partial charge in [-0.25, -0.2) is 0 Å². The van der Waals surface area contributed by atoms with Crippen molar-refractivity contribution in [2.45, 2.75) is 18.9 Å². The SMILES string of the molecule is CN1Nc2cn([C@@H]3CN4CCC3CC4)c(=O)c3cccc1c23. The maximum atomic E-state index is 13.0. The first-order valence-electron chi connectivity index (χ1n) is 8.13. The van der Waals surface area contributed by atoms with Crippen LogP contribution in [0.15, 0.2) is 29.2 Å². The number of fused-ring (bicyclic) bond motifs is 3. The van der Waals surface area contributed by atoms with Gasteiger partial charge in [0.25, 0.3) is 5.56 Å². The Bertz CT molecular complexity index is 819. The van der Waals surface area contributed by atoms with Crippen molar-refractivity contribution in [3.8, 4) is 0 Å². The molecule has 3 fully saturated rings. The van der Waals surface area contributed by atoms with Gasteiger partial charge in [-0.15, -0.1) is 0 Å². The van der Waals surface area contributed by atoms with Crippen molar-refractivity contribution in [3.05, 3.63) is 34.7 Å². The third-order valence-corrected chi connectivity index (χ3v) is 5.67. The summed E-state index contributed by atoms with van der Waals surface area (Å²) in [4.78, 5) is 15.5. The van der Waals surface area contributed by atoms with E-state index in [9.17, 15) is 4.79 Å². The molecular formula is C17H20N4O. The van der Waals surface area contributed by atoms with Crippen LogP contribution in [0.3, 0.4) is 0 Å². The van der Waals surface area contributed by atoms with Crippen LogP contribution >= 0.6 is 0 Å². The molecule has 114 valence electrons. The number of aromatic nitrogens is 1. The minimum atomic E-state index is 0.163. The van der Waals surface area contributed by atoms with Crippen molar-refractivity contribution in [2.75, 3.05) is 37.1 Å². The molecule has 0 amide bonds. The molecular weight excluding hydrogens is 276 g/mol. The molecule has 5 heterocycles. The molecule has 1 atom stereocenters. The van der Waals surface area contributed by atoms with Crippen LogP contribution in [0.1, 0.15) is 18.9 Å². The van der Waals surface area contributed by atoms with E-state index in [0.717, 1.165) is 28.7 Å². The molecule has 4 aliphatic heterocycles. The number of pyridine rings is 1. The van der Waals surface area contributed by atoms with Crippen LogP contribution in [0.4, 0.5) is 11.4 Å². The maximum absolute atomic E-state index is 13.0. The van der Waals surface area contributed by atoms with E-state index in [2.05, 4.69) is 16.4 Å². The second-order valence-corrected chi connectivity index (χ2v) is 6.83. The van der Waals surface area contributed by atoms with Crippen LogP contribution in [-0.4, -0.2) is 36.1 Å². The van der Waals surface area contributed by atoms with Crippen LogP contribution in [0, 0.1) is 5.92 Å². The summed E-state index contributed by atoms with van der Waals surface area (Å²) >= 11 is 0. The Labute approximate surface area is 129 Å². The molecule has 1 N–H and O–H groups in total. The summed E-state index contributed by atoms with van der Waals surface area (Å²) in [7, 11) is 2.00. The predicted molar refractivity (Wildman–Crippen MR) is 88.4 cm³/mol. The van der Waals surface area contributed by atoms with Crippen molar-refractivity contribution in [1.82, 2.24) is 9.47 Å². The number of hydrogen-bond acceptors (Lipinski definition) is 4. The second-order valence-electron chi connectivity index (χ2n) is 6.83. The predicted octanol–water partition coefficient (Wildman–Crippen LogP) is 2.04. The van der Waals surface area contributed by atoms with Gasteiger partial charge in [-0.05, 0) is 44.0 Å². The van der Waals surface area contributed by atoms with Crippen molar-refractivity contribution < 1.29 is 0 Å². The van der Waals surface area contributed by atoms with Gasteiger partial charge in [0.1, 0.15) is 0 Å². The van der Waals surface area contributed by atoms with Gasteiger partial charge < -0.3 is 9.47 Å². The maximum Gasteiger partial charge on any atom is 0.258 e. The quantitative estimate of drug-likeness (QED) is 0.874. The highest BCUT2D eigenvalue weighted by molar-refractivity contribution is 6.06. The molecule has 5 nitrogen and oxygen atoms in total. The van der Waals surface area contributed by atoms with Gasteiger partial charge in [0.15, 0.2) is 0 Å². The number of benzene rings is 1. The van der Waals surface area contributed by atoms with Crippen LogP contribution in [-0.2, 0) is 0 Å². The van der Waals surface area contributed by atoms with Crippen molar-refractivity contribution in [3.63, 3.8) is 0 Å². The zero-order valence-corrected chi connectivity index (χ0v) is 12.7. The Morgan fingerprint density at radius 1 is 1.23 bits per heavy atom. The number of piperidine rings is 3. The molecule has 0 aliphatic carbocycles. The molecule has 0 spiro atoms. The average molecular weight is 296 g/mol. The van der Waals surface area contributed by atoms with Crippen LogP contribution < -0.4 is 16.0 Å². The standard InChI is InChI=1S/C17H20N4O/c1-19-14-4-2-3-12-16(14)13(18-19)9-21(17(12)22)15-10-20-7-5-11(15)6-8-20/h2-4,9,11,15,18H,5-8,10H2,1H3/t15-/m1/s1. The molecule has 2 aromatic rings. The van der Waals surface area contributed by atoms with Crippen molar-refractivity contribution in [1.29, 1.82) is 0 Å². The van der Waals surface area contributed by atoms with E-state index in [-0.39, 0.29) is 5.56 Å². The highest BCUT2D eigenvalue weighted by Crippen LogP contribution is 2.39. The second kappa shape index (κ2) is 4.26. The fourth-order valence-electron chi connectivity index (χ4n) is 4.50. The van der Waals surface area contributed by atoms with E-state index in [4.69, 9.17) is 0 Å². The molecule has 22 heavy (non-hydrogen) atoms. The molecule has 4 aliphatic rings. The van der Waals surface area contributed by atoms with E-state index < -0.39 is 0 Å². The van der Waals surface area contributed by atoms with Crippen LogP contribution in [0.25, 0.3) is 10.8 Å². The summed E-state index contributed by atoms with van der Waals surface area (Å²) < 4.78 is 2.00. The number of hydrazine groups is 1. The number of nitrogens with zero attached hydrogens (tertiary/aromatic N) is 3. The van der Waals surface area contributed by atoms with Gasteiger partial charge in [-0.3, -0.25) is 15.2 Å². The Kier molecular flexibility index (Phi) is 2.42. The summed E-state index contributed by atoms with van der Waals surface area (Å²) in [6.07, 6.45) is 4.49. The average Bonchev–Trinajstić information content (AvgIpc) is 2.89. The number of anilines is 2. The zero-order chi connectivity index (χ0) is 14.8. The smallest absolute Gasteiger partial charge is 0.258 e. The summed E-state index contributed by atoms with van der Waals surface area (Å²) in [5.74, 6) is 0.648. The molecule has 6 rings (SSSR count). The highest BCUT2D eigenvalue weighted by Gasteiger charge is 2.36. The monoisotopic (exact) mass is 296 g/mol. The Morgan fingerprint density at radius 3 is 2.77 bits per heavy atom. The highest BCUT2D eigenvalue weighted by atomic mass is 16.1. The zero-order valence-electron chi connectivity index (χ0n) is 12.7. The first-order chi connectivity index (χ1) is 10.7. The number of hydrogen-bond donors (Lipinski definition) is 1. The molecule has 0 saturated carbocycles.